The minimum atomic E-state index is -0.184. The average Bonchev–Trinajstić information content (AvgIpc) is 3.22. The fourth-order valence-corrected chi connectivity index (χ4v) is 4.66. The lowest BCUT2D eigenvalue weighted by atomic mass is 10.1. The number of benzene rings is 2. The lowest BCUT2D eigenvalue weighted by Gasteiger charge is -2.29. The molecule has 4 rings (SSSR count). The van der Waals surface area contributed by atoms with Gasteiger partial charge in [-0.1, -0.05) is 11.6 Å². The summed E-state index contributed by atoms with van der Waals surface area (Å²) in [7, 11) is 3.20. The van der Waals surface area contributed by atoms with E-state index in [1.807, 2.05) is 49.1 Å². The Morgan fingerprint density at radius 1 is 0.923 bits per heavy atom. The monoisotopic (exact) mass is 551 g/mol. The van der Waals surface area contributed by atoms with Gasteiger partial charge in [0.25, 0.3) is 5.91 Å². The van der Waals surface area contributed by atoms with Crippen molar-refractivity contribution >= 4 is 29.2 Å². The topological polar surface area (TPSA) is 88.1 Å². The summed E-state index contributed by atoms with van der Waals surface area (Å²) in [5.41, 5.74) is 2.12. The predicted molar refractivity (Wildman–Crippen MR) is 152 cm³/mol. The van der Waals surface area contributed by atoms with E-state index in [2.05, 4.69) is 15.1 Å². The fourth-order valence-electron chi connectivity index (χ4n) is 4.53. The van der Waals surface area contributed by atoms with Gasteiger partial charge in [0.1, 0.15) is 6.54 Å². The predicted octanol–water partition coefficient (Wildman–Crippen LogP) is 4.40. The number of anilines is 1. The first kappa shape index (κ1) is 28.2. The van der Waals surface area contributed by atoms with Crippen LogP contribution in [0.15, 0.2) is 54.6 Å². The zero-order chi connectivity index (χ0) is 27.9. The minimum absolute atomic E-state index is 0.0267. The molecule has 0 unspecified atom stereocenters. The normalized spacial score (nSPS) is 13.7. The maximum Gasteiger partial charge on any atom is 0.254 e. The molecule has 0 aliphatic carbocycles. The van der Waals surface area contributed by atoms with E-state index in [-0.39, 0.29) is 24.4 Å². The molecule has 2 aromatic carbocycles. The van der Waals surface area contributed by atoms with Crippen LogP contribution in [-0.4, -0.2) is 84.8 Å². The molecule has 0 atom stereocenters. The van der Waals surface area contributed by atoms with Crippen LogP contribution in [0.25, 0.3) is 11.3 Å². The molecule has 1 aliphatic heterocycles. The summed E-state index contributed by atoms with van der Waals surface area (Å²) >= 11 is 5.97. The highest BCUT2D eigenvalue weighted by Gasteiger charge is 2.26. The second kappa shape index (κ2) is 12.8. The zero-order valence-electron chi connectivity index (χ0n) is 22.8. The van der Waals surface area contributed by atoms with Crippen LogP contribution in [-0.2, 0) is 4.79 Å². The Bertz CT molecular complexity index is 1280. The number of rotatable bonds is 8. The Kier molecular flexibility index (Phi) is 9.24. The van der Waals surface area contributed by atoms with Gasteiger partial charge >= 0.3 is 0 Å². The first-order chi connectivity index (χ1) is 18.8. The summed E-state index contributed by atoms with van der Waals surface area (Å²) in [6.07, 6.45) is 0.789. The molecule has 3 aromatic rings. The Hall–Kier alpha value is -3.85. The largest absolute Gasteiger partial charge is 0.493 e. The van der Waals surface area contributed by atoms with Crippen LogP contribution in [0, 0.1) is 0 Å². The van der Waals surface area contributed by atoms with Crippen molar-refractivity contribution in [2.24, 2.45) is 0 Å². The van der Waals surface area contributed by atoms with Crippen molar-refractivity contribution in [3.8, 4) is 22.8 Å². The average molecular weight is 552 g/mol. The van der Waals surface area contributed by atoms with Gasteiger partial charge in [0.15, 0.2) is 17.3 Å². The number of amides is 2. The second-order valence-corrected chi connectivity index (χ2v) is 10.0. The number of hydrogen-bond donors (Lipinski definition) is 0. The van der Waals surface area contributed by atoms with Crippen molar-refractivity contribution < 1.29 is 19.1 Å². The Morgan fingerprint density at radius 2 is 1.67 bits per heavy atom. The van der Waals surface area contributed by atoms with Gasteiger partial charge in [-0.3, -0.25) is 9.59 Å². The number of aromatic nitrogens is 2. The fraction of sp³-hybridized carbons (Fsp3) is 0.379. The Balaban J connectivity index is 1.38. The van der Waals surface area contributed by atoms with Gasteiger partial charge in [-0.15, -0.1) is 10.2 Å². The molecule has 2 amide bonds. The van der Waals surface area contributed by atoms with E-state index in [0.29, 0.717) is 41.7 Å². The van der Waals surface area contributed by atoms with E-state index in [1.54, 1.807) is 43.4 Å². The summed E-state index contributed by atoms with van der Waals surface area (Å²) in [5.74, 6) is 1.79. The smallest absolute Gasteiger partial charge is 0.254 e. The highest BCUT2D eigenvalue weighted by molar-refractivity contribution is 6.30. The van der Waals surface area contributed by atoms with Crippen LogP contribution in [0.1, 0.15) is 30.6 Å². The van der Waals surface area contributed by atoms with Crippen molar-refractivity contribution in [3.63, 3.8) is 0 Å². The van der Waals surface area contributed by atoms with E-state index >= 15 is 0 Å². The van der Waals surface area contributed by atoms with Crippen LogP contribution in [0.5, 0.6) is 11.5 Å². The van der Waals surface area contributed by atoms with Crippen LogP contribution in [0.4, 0.5) is 5.82 Å². The van der Waals surface area contributed by atoms with E-state index in [9.17, 15) is 9.59 Å². The maximum absolute atomic E-state index is 13.2. The van der Waals surface area contributed by atoms with Gasteiger partial charge in [0.2, 0.25) is 5.91 Å². The first-order valence-corrected chi connectivity index (χ1v) is 13.3. The quantitative estimate of drug-likeness (QED) is 0.410. The number of carbonyl (C=O) groups is 2. The number of nitrogens with zero attached hydrogens (tertiary/aromatic N) is 5. The molecule has 39 heavy (non-hydrogen) atoms. The zero-order valence-corrected chi connectivity index (χ0v) is 23.5. The van der Waals surface area contributed by atoms with E-state index in [1.165, 1.54) is 0 Å². The summed E-state index contributed by atoms with van der Waals surface area (Å²) in [6, 6.07) is 16.1. The lowest BCUT2D eigenvalue weighted by Crippen LogP contribution is -2.46. The summed E-state index contributed by atoms with van der Waals surface area (Å²) in [4.78, 5) is 31.9. The molecule has 1 aromatic heterocycles. The molecule has 1 aliphatic rings. The van der Waals surface area contributed by atoms with Crippen molar-refractivity contribution in [2.75, 3.05) is 51.8 Å². The standard InChI is InChI=1S/C29H34ClN5O4/c1-20(2)35(29(37)21-6-9-23(30)10-7-21)19-28(36)34-15-5-14-33(16-17-34)27-13-11-24(31-32-27)22-8-12-25(38-3)26(18-22)39-4/h6-13,18,20H,5,14-17,19H2,1-4H3. The molecular formula is C29H34ClN5O4. The number of hydrogen-bond acceptors (Lipinski definition) is 7. The molecule has 0 radical (unpaired) electrons. The van der Waals surface area contributed by atoms with Crippen LogP contribution >= 0.6 is 11.6 Å². The van der Waals surface area contributed by atoms with Crippen LogP contribution in [0.3, 0.4) is 0 Å². The molecule has 0 bridgehead atoms. The highest BCUT2D eigenvalue weighted by atomic mass is 35.5. The van der Waals surface area contributed by atoms with Crippen LogP contribution < -0.4 is 14.4 Å². The molecule has 0 N–H and O–H groups in total. The van der Waals surface area contributed by atoms with Gasteiger partial charge in [-0.05, 0) is 74.9 Å². The van der Waals surface area contributed by atoms with Gasteiger partial charge < -0.3 is 24.2 Å². The molecule has 0 spiro atoms. The van der Waals surface area contributed by atoms with E-state index < -0.39 is 0 Å². The van der Waals surface area contributed by atoms with Gasteiger partial charge in [0.05, 0.1) is 19.9 Å². The number of halogens is 1. The van der Waals surface area contributed by atoms with Crippen molar-refractivity contribution in [1.82, 2.24) is 20.0 Å². The van der Waals surface area contributed by atoms with E-state index in [0.717, 1.165) is 30.0 Å². The lowest BCUT2D eigenvalue weighted by molar-refractivity contribution is -0.132. The molecule has 10 heteroatoms. The molecule has 0 saturated carbocycles. The number of ether oxygens (including phenoxy) is 2. The van der Waals surface area contributed by atoms with Crippen molar-refractivity contribution in [2.45, 2.75) is 26.3 Å². The summed E-state index contributed by atoms with van der Waals surface area (Å²) in [6.45, 7) is 6.39. The van der Waals surface area contributed by atoms with Crippen molar-refractivity contribution in [3.05, 3.63) is 65.2 Å². The second-order valence-electron chi connectivity index (χ2n) is 9.60. The molecule has 1 fully saturated rings. The molecule has 1 saturated heterocycles. The van der Waals surface area contributed by atoms with Gasteiger partial charge in [-0.2, -0.15) is 0 Å². The van der Waals surface area contributed by atoms with Gasteiger partial charge in [-0.25, -0.2) is 0 Å². The third kappa shape index (κ3) is 6.78. The minimum Gasteiger partial charge on any atom is -0.493 e. The van der Waals surface area contributed by atoms with Gasteiger partial charge in [0, 0.05) is 48.4 Å². The molecule has 206 valence electrons. The van der Waals surface area contributed by atoms with Crippen molar-refractivity contribution in [1.29, 1.82) is 0 Å². The summed E-state index contributed by atoms with van der Waals surface area (Å²) in [5, 5.41) is 9.46. The Labute approximate surface area is 234 Å². The maximum atomic E-state index is 13.2. The highest BCUT2D eigenvalue weighted by Crippen LogP contribution is 2.31. The molecule has 9 nitrogen and oxygen atoms in total. The third-order valence-corrected chi connectivity index (χ3v) is 7.04. The Morgan fingerprint density at radius 3 is 2.31 bits per heavy atom. The SMILES string of the molecule is COc1ccc(-c2ccc(N3CCCN(C(=O)CN(C(=O)c4ccc(Cl)cc4)C(C)C)CC3)nn2)cc1OC. The third-order valence-electron chi connectivity index (χ3n) is 6.78. The first-order valence-electron chi connectivity index (χ1n) is 13.0. The van der Waals surface area contributed by atoms with Crippen LogP contribution in [0.2, 0.25) is 5.02 Å². The van der Waals surface area contributed by atoms with E-state index in [4.69, 9.17) is 21.1 Å². The number of methoxy groups -OCH3 is 2. The molecular weight excluding hydrogens is 518 g/mol. The summed E-state index contributed by atoms with van der Waals surface area (Å²) < 4.78 is 10.7. The molecule has 2 heterocycles. The number of carbonyl (C=O) groups excluding carboxylic acids is 2.